The van der Waals surface area contributed by atoms with Crippen molar-refractivity contribution in [1.82, 2.24) is 0 Å². The predicted molar refractivity (Wildman–Crippen MR) is 163 cm³/mol. The van der Waals surface area contributed by atoms with Gasteiger partial charge in [-0.1, -0.05) is 78.4 Å². The number of benzene rings is 3. The summed E-state index contributed by atoms with van der Waals surface area (Å²) in [6.45, 7) is 2.29. The zero-order valence-electron chi connectivity index (χ0n) is 22.6. The molecule has 39 heavy (non-hydrogen) atoms. The minimum atomic E-state index is -0.166. The van der Waals surface area contributed by atoms with E-state index in [-0.39, 0.29) is 5.41 Å². The summed E-state index contributed by atoms with van der Waals surface area (Å²) in [5.41, 5.74) is 19.2. The summed E-state index contributed by atoms with van der Waals surface area (Å²) in [6, 6.07) is 24.3. The second-order valence-corrected chi connectivity index (χ2v) is 12.2. The molecule has 2 atom stereocenters. The van der Waals surface area contributed by atoms with Crippen molar-refractivity contribution in [1.29, 1.82) is 0 Å². The SMILES string of the molecule is CC1=CCC(N(C2=CCCC=C2)c2ccc3c(c2)C24C5=C(CCC=C5c5cccc-3c52)c2ccccc24)CC1. The first-order valence-electron chi connectivity index (χ1n) is 14.9. The van der Waals surface area contributed by atoms with Crippen LogP contribution < -0.4 is 4.90 Å². The van der Waals surface area contributed by atoms with Crippen molar-refractivity contribution in [2.24, 2.45) is 0 Å². The van der Waals surface area contributed by atoms with Gasteiger partial charge in [0, 0.05) is 17.4 Å². The maximum atomic E-state index is 2.68. The molecule has 2 unspecified atom stereocenters. The monoisotopic (exact) mass is 503 g/mol. The molecule has 0 aliphatic heterocycles. The van der Waals surface area contributed by atoms with Crippen LogP contribution in [0.1, 0.15) is 79.7 Å². The summed E-state index contributed by atoms with van der Waals surface area (Å²) in [5, 5.41) is 0. The van der Waals surface area contributed by atoms with E-state index in [1.54, 1.807) is 22.3 Å². The van der Waals surface area contributed by atoms with Crippen LogP contribution in [0.3, 0.4) is 0 Å². The number of allylic oxidation sites excluding steroid dienone is 8. The molecule has 0 N–H and O–H groups in total. The van der Waals surface area contributed by atoms with Gasteiger partial charge in [0.05, 0.1) is 5.41 Å². The van der Waals surface area contributed by atoms with E-state index < -0.39 is 0 Å². The Balaban J connectivity index is 1.31. The highest BCUT2D eigenvalue weighted by Gasteiger charge is 2.59. The average Bonchev–Trinajstić information content (AvgIpc) is 3.58. The largest absolute Gasteiger partial charge is 0.338 e. The normalized spacial score (nSPS) is 24.9. The van der Waals surface area contributed by atoms with Crippen LogP contribution in [-0.4, -0.2) is 6.04 Å². The van der Waals surface area contributed by atoms with Gasteiger partial charge in [0.15, 0.2) is 0 Å². The van der Waals surface area contributed by atoms with Crippen molar-refractivity contribution in [3.8, 4) is 11.1 Å². The minimum Gasteiger partial charge on any atom is -0.338 e. The fourth-order valence-electron chi connectivity index (χ4n) is 8.74. The summed E-state index contributed by atoms with van der Waals surface area (Å²) in [6.07, 6.45) is 20.3. The fourth-order valence-corrected chi connectivity index (χ4v) is 8.74. The molecule has 0 fully saturated rings. The maximum Gasteiger partial charge on any atom is 0.0734 e. The quantitative estimate of drug-likeness (QED) is 0.322. The molecule has 1 nitrogen and oxygen atoms in total. The Hall–Kier alpha value is -3.84. The Labute approximate surface area is 231 Å². The molecule has 1 spiro atoms. The Morgan fingerprint density at radius 3 is 2.54 bits per heavy atom. The molecule has 3 aromatic rings. The smallest absolute Gasteiger partial charge is 0.0734 e. The number of fused-ring (bicyclic) bond motifs is 5. The average molecular weight is 504 g/mol. The van der Waals surface area contributed by atoms with E-state index in [1.165, 1.54) is 63.2 Å². The van der Waals surface area contributed by atoms with Crippen LogP contribution in [0.2, 0.25) is 0 Å². The Bertz CT molecular complexity index is 1750. The summed E-state index contributed by atoms with van der Waals surface area (Å²) in [7, 11) is 0. The molecule has 9 rings (SSSR count). The van der Waals surface area contributed by atoms with Crippen LogP contribution in [0.4, 0.5) is 5.69 Å². The lowest BCUT2D eigenvalue weighted by molar-refractivity contribution is 0.564. The molecule has 3 aromatic carbocycles. The predicted octanol–water partition coefficient (Wildman–Crippen LogP) is 9.50. The number of hydrogen-bond donors (Lipinski definition) is 0. The first kappa shape index (κ1) is 22.0. The van der Waals surface area contributed by atoms with Crippen molar-refractivity contribution in [2.75, 3.05) is 4.90 Å². The van der Waals surface area contributed by atoms with Crippen LogP contribution in [0.25, 0.3) is 22.3 Å². The lowest BCUT2D eigenvalue weighted by Gasteiger charge is -2.38. The van der Waals surface area contributed by atoms with Crippen molar-refractivity contribution in [3.05, 3.63) is 136 Å². The number of hydrogen-bond acceptors (Lipinski definition) is 1. The van der Waals surface area contributed by atoms with Crippen molar-refractivity contribution in [3.63, 3.8) is 0 Å². The summed E-state index contributed by atoms with van der Waals surface area (Å²) < 4.78 is 0. The van der Waals surface area contributed by atoms with Crippen LogP contribution in [0.5, 0.6) is 0 Å². The van der Waals surface area contributed by atoms with Crippen LogP contribution in [0, 0.1) is 0 Å². The number of rotatable bonds is 3. The van der Waals surface area contributed by atoms with Crippen molar-refractivity contribution in [2.45, 2.75) is 63.3 Å². The summed E-state index contributed by atoms with van der Waals surface area (Å²) in [4.78, 5) is 2.68. The molecule has 0 aromatic heterocycles. The van der Waals surface area contributed by atoms with Gasteiger partial charge in [-0.05, 0) is 126 Å². The first-order valence-corrected chi connectivity index (χ1v) is 14.9. The highest BCUT2D eigenvalue weighted by Crippen LogP contribution is 2.71. The zero-order chi connectivity index (χ0) is 25.7. The third-order valence-corrected chi connectivity index (χ3v) is 10.3. The second-order valence-electron chi connectivity index (χ2n) is 12.2. The van der Waals surface area contributed by atoms with E-state index in [4.69, 9.17) is 0 Å². The van der Waals surface area contributed by atoms with E-state index in [1.807, 2.05) is 0 Å². The van der Waals surface area contributed by atoms with E-state index in [0.29, 0.717) is 6.04 Å². The summed E-state index contributed by atoms with van der Waals surface area (Å²) in [5.74, 6) is 0. The second kappa shape index (κ2) is 7.85. The molecule has 190 valence electrons. The van der Waals surface area contributed by atoms with Gasteiger partial charge in [0.25, 0.3) is 0 Å². The van der Waals surface area contributed by atoms with Gasteiger partial charge in [0.2, 0.25) is 0 Å². The van der Waals surface area contributed by atoms with Crippen molar-refractivity contribution >= 4 is 16.8 Å². The van der Waals surface area contributed by atoms with E-state index in [0.717, 1.165) is 32.1 Å². The molecule has 6 aliphatic carbocycles. The van der Waals surface area contributed by atoms with Crippen LogP contribution in [-0.2, 0) is 5.41 Å². The van der Waals surface area contributed by atoms with Gasteiger partial charge < -0.3 is 4.90 Å². The lowest BCUT2D eigenvalue weighted by Crippen LogP contribution is -2.36. The molecular formula is C38H33N. The number of nitrogens with zero attached hydrogens (tertiary/aromatic N) is 1. The van der Waals surface area contributed by atoms with E-state index in [2.05, 4.69) is 103 Å². The third kappa shape index (κ3) is 2.71. The van der Waals surface area contributed by atoms with Gasteiger partial charge in [-0.3, -0.25) is 0 Å². The molecule has 0 saturated carbocycles. The van der Waals surface area contributed by atoms with Gasteiger partial charge in [-0.2, -0.15) is 0 Å². The lowest BCUT2D eigenvalue weighted by atomic mass is 9.72. The Morgan fingerprint density at radius 1 is 0.769 bits per heavy atom. The molecule has 0 heterocycles. The van der Waals surface area contributed by atoms with Gasteiger partial charge in [-0.15, -0.1) is 0 Å². The fraction of sp³-hybridized carbons (Fsp3) is 0.263. The molecule has 0 saturated heterocycles. The molecule has 0 radical (unpaired) electrons. The molecular weight excluding hydrogens is 470 g/mol. The Kier molecular flexibility index (Phi) is 4.44. The highest BCUT2D eigenvalue weighted by molar-refractivity contribution is 6.11. The minimum absolute atomic E-state index is 0.166. The summed E-state index contributed by atoms with van der Waals surface area (Å²) >= 11 is 0. The Morgan fingerprint density at radius 2 is 1.67 bits per heavy atom. The zero-order valence-corrected chi connectivity index (χ0v) is 22.6. The molecule has 6 aliphatic rings. The standard InChI is InChI=1S/C38H33N/c1-24-17-19-26(20-18-24)39(25-9-3-2-4-10-25)27-21-22-29-31-13-8-15-33-32-14-7-12-30-28-11-5-6-16-34(28)38(36(30)32,37(31)33)35(29)23-27/h3,5-6,8-11,13-17,21-23,26H,2,4,7,12,18-20H2,1H3. The maximum absolute atomic E-state index is 2.68. The third-order valence-electron chi connectivity index (χ3n) is 10.3. The van der Waals surface area contributed by atoms with Crippen LogP contribution >= 0.6 is 0 Å². The molecule has 0 amide bonds. The van der Waals surface area contributed by atoms with Crippen molar-refractivity contribution < 1.29 is 0 Å². The van der Waals surface area contributed by atoms with Gasteiger partial charge in [-0.25, -0.2) is 0 Å². The first-order chi connectivity index (χ1) is 19.3. The van der Waals surface area contributed by atoms with Gasteiger partial charge in [0.1, 0.15) is 0 Å². The highest BCUT2D eigenvalue weighted by atomic mass is 15.2. The molecule has 1 heteroatoms. The van der Waals surface area contributed by atoms with Crippen LogP contribution in [0.15, 0.2) is 108 Å². The number of anilines is 1. The topological polar surface area (TPSA) is 3.24 Å². The van der Waals surface area contributed by atoms with Gasteiger partial charge >= 0.3 is 0 Å². The molecule has 0 bridgehead atoms. The van der Waals surface area contributed by atoms with E-state index >= 15 is 0 Å². The van der Waals surface area contributed by atoms with E-state index in [9.17, 15) is 0 Å².